The number of hydrogen-bond acceptors (Lipinski definition) is 4. The van der Waals surface area contributed by atoms with E-state index < -0.39 is 10.0 Å². The van der Waals surface area contributed by atoms with Gasteiger partial charge >= 0.3 is 0 Å². The molecule has 1 aliphatic rings. The monoisotopic (exact) mass is 403 g/mol. The minimum absolute atomic E-state index is 0.00696. The molecule has 0 bridgehead atoms. The Morgan fingerprint density at radius 1 is 1.11 bits per heavy atom. The Morgan fingerprint density at radius 3 is 2.36 bits per heavy atom. The van der Waals surface area contributed by atoms with E-state index in [4.69, 9.17) is 0 Å². The summed E-state index contributed by atoms with van der Waals surface area (Å²) in [5.41, 5.74) is 0.822. The first kappa shape index (κ1) is 20.3. The van der Waals surface area contributed by atoms with Crippen LogP contribution in [0.5, 0.6) is 0 Å². The second-order valence-electron chi connectivity index (χ2n) is 7.27. The van der Waals surface area contributed by atoms with Crippen molar-refractivity contribution in [3.8, 4) is 0 Å². The maximum atomic E-state index is 12.7. The number of aromatic nitrogens is 1. The molecule has 2 heterocycles. The standard InChI is InChI=1S/C20H25N3O4S/c1-14(2)19-17(8-9-18(24)22-19)20(25)21-15-10-12-23(13-11-15)28(26,27)16-6-4-3-5-7-16/h3-9,14-15H,10-13H2,1-2H3,(H,21,25)(H,22,24). The lowest BCUT2D eigenvalue weighted by molar-refractivity contribution is 0.0922. The lowest BCUT2D eigenvalue weighted by Gasteiger charge is -2.31. The summed E-state index contributed by atoms with van der Waals surface area (Å²) in [5, 5.41) is 2.98. The number of rotatable bonds is 5. The van der Waals surface area contributed by atoms with E-state index in [0.29, 0.717) is 37.2 Å². The van der Waals surface area contributed by atoms with Crippen LogP contribution in [0.25, 0.3) is 0 Å². The number of amides is 1. The second-order valence-corrected chi connectivity index (χ2v) is 9.21. The molecule has 1 amide bonds. The van der Waals surface area contributed by atoms with Gasteiger partial charge in [-0.15, -0.1) is 0 Å². The van der Waals surface area contributed by atoms with Gasteiger partial charge in [-0.05, 0) is 37.0 Å². The molecule has 0 spiro atoms. The van der Waals surface area contributed by atoms with E-state index in [1.54, 1.807) is 36.4 Å². The fourth-order valence-corrected chi connectivity index (χ4v) is 4.88. The third-order valence-corrected chi connectivity index (χ3v) is 6.85. The first-order chi connectivity index (χ1) is 13.3. The third-order valence-electron chi connectivity index (χ3n) is 4.94. The molecule has 150 valence electrons. The highest BCUT2D eigenvalue weighted by molar-refractivity contribution is 7.89. The Labute approximate surface area is 164 Å². The fourth-order valence-electron chi connectivity index (χ4n) is 3.39. The Hall–Kier alpha value is -2.45. The first-order valence-corrected chi connectivity index (χ1v) is 10.8. The van der Waals surface area contributed by atoms with Crippen LogP contribution in [-0.4, -0.2) is 42.7 Å². The zero-order chi connectivity index (χ0) is 20.3. The number of piperidine rings is 1. The van der Waals surface area contributed by atoms with E-state index in [1.165, 1.54) is 10.4 Å². The number of sulfonamides is 1. The molecule has 1 aliphatic heterocycles. The van der Waals surface area contributed by atoms with Gasteiger partial charge in [-0.3, -0.25) is 9.59 Å². The van der Waals surface area contributed by atoms with Crippen molar-refractivity contribution in [3.63, 3.8) is 0 Å². The zero-order valence-corrected chi connectivity index (χ0v) is 16.8. The SMILES string of the molecule is CC(C)c1[nH]c(=O)ccc1C(=O)NC1CCN(S(=O)(=O)c2ccccc2)CC1. The highest BCUT2D eigenvalue weighted by Crippen LogP contribution is 2.21. The van der Waals surface area contributed by atoms with Gasteiger partial charge in [-0.1, -0.05) is 32.0 Å². The van der Waals surface area contributed by atoms with Gasteiger partial charge in [0.15, 0.2) is 0 Å². The molecule has 0 radical (unpaired) electrons. The Bertz CT molecular complexity index is 992. The van der Waals surface area contributed by atoms with Crippen molar-refractivity contribution >= 4 is 15.9 Å². The minimum atomic E-state index is -3.51. The van der Waals surface area contributed by atoms with Crippen molar-refractivity contribution < 1.29 is 13.2 Å². The molecule has 2 N–H and O–H groups in total. The largest absolute Gasteiger partial charge is 0.349 e. The van der Waals surface area contributed by atoms with Crippen LogP contribution in [-0.2, 0) is 10.0 Å². The number of pyridine rings is 1. The molecule has 1 saturated heterocycles. The van der Waals surface area contributed by atoms with Gasteiger partial charge in [-0.25, -0.2) is 8.42 Å². The summed E-state index contributed by atoms with van der Waals surface area (Å²) >= 11 is 0. The average Bonchev–Trinajstić information content (AvgIpc) is 2.69. The Kier molecular flexibility index (Phi) is 6.00. The number of hydrogen-bond donors (Lipinski definition) is 2. The van der Waals surface area contributed by atoms with Gasteiger partial charge in [0.05, 0.1) is 10.5 Å². The molecule has 0 saturated carbocycles. The number of carbonyl (C=O) groups excluding carboxylic acids is 1. The number of benzene rings is 1. The summed E-state index contributed by atoms with van der Waals surface area (Å²) in [7, 11) is -3.51. The van der Waals surface area contributed by atoms with Crippen LogP contribution < -0.4 is 10.9 Å². The molecule has 1 fully saturated rings. The normalized spacial score (nSPS) is 16.2. The third kappa shape index (κ3) is 4.34. The zero-order valence-electron chi connectivity index (χ0n) is 16.0. The summed E-state index contributed by atoms with van der Waals surface area (Å²) in [6.45, 7) is 4.53. The molecule has 0 aliphatic carbocycles. The van der Waals surface area contributed by atoms with Gasteiger partial charge in [0.1, 0.15) is 0 Å². The smallest absolute Gasteiger partial charge is 0.253 e. The van der Waals surface area contributed by atoms with Gasteiger partial charge in [0, 0.05) is 30.9 Å². The number of nitrogens with one attached hydrogen (secondary N) is 2. The minimum Gasteiger partial charge on any atom is -0.349 e. The molecule has 1 aromatic heterocycles. The van der Waals surface area contributed by atoms with Gasteiger partial charge < -0.3 is 10.3 Å². The van der Waals surface area contributed by atoms with Crippen LogP contribution in [0.15, 0.2) is 52.2 Å². The molecular formula is C20H25N3O4S. The highest BCUT2D eigenvalue weighted by atomic mass is 32.2. The number of carbonyl (C=O) groups is 1. The Morgan fingerprint density at radius 2 is 1.75 bits per heavy atom. The summed E-state index contributed by atoms with van der Waals surface area (Å²) in [4.78, 5) is 27.3. The van der Waals surface area contributed by atoms with E-state index in [9.17, 15) is 18.0 Å². The molecule has 1 aromatic carbocycles. The number of H-pyrrole nitrogens is 1. The van der Waals surface area contributed by atoms with Crippen molar-refractivity contribution in [1.29, 1.82) is 0 Å². The van der Waals surface area contributed by atoms with E-state index >= 15 is 0 Å². The van der Waals surface area contributed by atoms with E-state index in [0.717, 1.165) is 0 Å². The topological polar surface area (TPSA) is 99.3 Å². The van der Waals surface area contributed by atoms with Crippen LogP contribution in [0.1, 0.15) is 48.7 Å². The molecule has 2 aromatic rings. The van der Waals surface area contributed by atoms with Crippen molar-refractivity contribution in [2.24, 2.45) is 0 Å². The molecule has 7 nitrogen and oxygen atoms in total. The van der Waals surface area contributed by atoms with Gasteiger partial charge in [0.2, 0.25) is 15.6 Å². The fraction of sp³-hybridized carbons (Fsp3) is 0.400. The van der Waals surface area contributed by atoms with Crippen LogP contribution in [0, 0.1) is 0 Å². The van der Waals surface area contributed by atoms with Gasteiger partial charge in [0.25, 0.3) is 5.91 Å². The molecule has 8 heteroatoms. The number of nitrogens with zero attached hydrogens (tertiary/aromatic N) is 1. The van der Waals surface area contributed by atoms with Gasteiger partial charge in [-0.2, -0.15) is 4.31 Å². The van der Waals surface area contributed by atoms with Crippen molar-refractivity contribution in [1.82, 2.24) is 14.6 Å². The van der Waals surface area contributed by atoms with Crippen molar-refractivity contribution in [3.05, 3.63) is 64.1 Å². The van der Waals surface area contributed by atoms with Crippen molar-refractivity contribution in [2.45, 2.75) is 43.5 Å². The molecule has 3 rings (SSSR count). The Balaban J connectivity index is 1.65. The first-order valence-electron chi connectivity index (χ1n) is 9.38. The quantitative estimate of drug-likeness (QED) is 0.798. The van der Waals surface area contributed by atoms with Crippen molar-refractivity contribution in [2.75, 3.05) is 13.1 Å². The lowest BCUT2D eigenvalue weighted by Crippen LogP contribution is -2.46. The summed E-state index contributed by atoms with van der Waals surface area (Å²) in [6, 6.07) is 11.1. The molecular weight excluding hydrogens is 378 g/mol. The molecule has 0 atom stereocenters. The van der Waals surface area contributed by atoms with E-state index in [-0.39, 0.29) is 28.3 Å². The van der Waals surface area contributed by atoms with Crippen LogP contribution in [0.4, 0.5) is 0 Å². The predicted octanol–water partition coefficient (Wildman–Crippen LogP) is 2.08. The highest BCUT2D eigenvalue weighted by Gasteiger charge is 2.30. The predicted molar refractivity (Wildman–Crippen MR) is 107 cm³/mol. The average molecular weight is 404 g/mol. The van der Waals surface area contributed by atoms with Crippen LogP contribution >= 0.6 is 0 Å². The summed E-state index contributed by atoms with van der Waals surface area (Å²) < 4.78 is 26.9. The van der Waals surface area contributed by atoms with E-state index in [1.807, 2.05) is 13.8 Å². The molecule has 28 heavy (non-hydrogen) atoms. The molecule has 0 unspecified atom stereocenters. The second kappa shape index (κ2) is 8.28. The maximum Gasteiger partial charge on any atom is 0.253 e. The maximum absolute atomic E-state index is 12.7. The van der Waals surface area contributed by atoms with Crippen LogP contribution in [0.3, 0.4) is 0 Å². The summed E-state index contributed by atoms with van der Waals surface area (Å²) in [5.74, 6) is -0.239. The van der Waals surface area contributed by atoms with Crippen LogP contribution in [0.2, 0.25) is 0 Å². The number of aromatic amines is 1. The lowest BCUT2D eigenvalue weighted by atomic mass is 10.0. The summed E-state index contributed by atoms with van der Waals surface area (Å²) in [6.07, 6.45) is 1.08. The van der Waals surface area contributed by atoms with E-state index in [2.05, 4.69) is 10.3 Å².